The van der Waals surface area contributed by atoms with Crippen molar-refractivity contribution in [3.05, 3.63) is 17.7 Å². The highest BCUT2D eigenvalue weighted by atomic mass is 16.1. The molecule has 0 aromatic carbocycles. The summed E-state index contributed by atoms with van der Waals surface area (Å²) in [6.07, 6.45) is 7.52. The van der Waals surface area contributed by atoms with Crippen molar-refractivity contribution >= 4 is 5.78 Å². The van der Waals surface area contributed by atoms with Crippen LogP contribution >= 0.6 is 0 Å². The molecule has 1 aliphatic carbocycles. The van der Waals surface area contributed by atoms with Crippen LogP contribution in [0.15, 0.2) is 6.20 Å². The Hall–Kier alpha value is -1.12. The Morgan fingerprint density at radius 2 is 2.21 bits per heavy atom. The number of hydrogen-bond acceptors (Lipinski definition) is 2. The molecule has 1 aliphatic heterocycles. The van der Waals surface area contributed by atoms with E-state index in [9.17, 15) is 4.79 Å². The number of rotatable bonds is 1. The van der Waals surface area contributed by atoms with Gasteiger partial charge in [-0.25, -0.2) is 4.98 Å². The zero-order valence-electron chi connectivity index (χ0n) is 8.20. The molecule has 1 aromatic rings. The van der Waals surface area contributed by atoms with Crippen LogP contribution in [0.4, 0.5) is 0 Å². The van der Waals surface area contributed by atoms with E-state index in [0.29, 0.717) is 24.7 Å². The van der Waals surface area contributed by atoms with Crippen LogP contribution in [0, 0.1) is 0 Å². The van der Waals surface area contributed by atoms with Gasteiger partial charge in [0.15, 0.2) is 5.78 Å². The van der Waals surface area contributed by atoms with Crippen LogP contribution in [0.5, 0.6) is 0 Å². The highest BCUT2D eigenvalue weighted by Gasteiger charge is 2.25. The van der Waals surface area contributed by atoms with Crippen molar-refractivity contribution in [3.63, 3.8) is 0 Å². The smallest absolute Gasteiger partial charge is 0.153 e. The van der Waals surface area contributed by atoms with Crippen LogP contribution in [0.2, 0.25) is 0 Å². The third-order valence-electron chi connectivity index (χ3n) is 3.38. The normalized spacial score (nSPS) is 21.9. The van der Waals surface area contributed by atoms with Crippen molar-refractivity contribution < 1.29 is 4.79 Å². The number of aromatic nitrogens is 2. The molecule has 1 aromatic heterocycles. The number of ketones is 1. The molecule has 74 valence electrons. The molecule has 0 atom stereocenters. The monoisotopic (exact) mass is 190 g/mol. The van der Waals surface area contributed by atoms with E-state index in [-0.39, 0.29) is 0 Å². The van der Waals surface area contributed by atoms with Gasteiger partial charge in [-0.1, -0.05) is 6.42 Å². The van der Waals surface area contributed by atoms with E-state index in [4.69, 9.17) is 0 Å². The summed E-state index contributed by atoms with van der Waals surface area (Å²) in [6.45, 7) is 0.551. The number of carbonyl (C=O) groups is 1. The summed E-state index contributed by atoms with van der Waals surface area (Å²) in [7, 11) is 0. The van der Waals surface area contributed by atoms with Gasteiger partial charge in [-0.15, -0.1) is 0 Å². The largest absolute Gasteiger partial charge is 0.327 e. The van der Waals surface area contributed by atoms with E-state index in [1.54, 1.807) is 0 Å². The van der Waals surface area contributed by atoms with Crippen LogP contribution in [0.3, 0.4) is 0 Å². The van der Waals surface area contributed by atoms with Crippen molar-refractivity contribution in [1.29, 1.82) is 0 Å². The van der Waals surface area contributed by atoms with Gasteiger partial charge in [0.1, 0.15) is 5.82 Å². The highest BCUT2D eigenvalue weighted by Crippen LogP contribution is 2.36. The number of Topliss-reactive ketones (excluding diaryl/α,β-unsaturated/α-hetero) is 1. The maximum absolute atomic E-state index is 11.2. The Balaban J connectivity index is 1.90. The summed E-state index contributed by atoms with van der Waals surface area (Å²) < 4.78 is 2.04. The van der Waals surface area contributed by atoms with Crippen molar-refractivity contribution in [1.82, 2.24) is 9.55 Å². The molecular weight excluding hydrogens is 176 g/mol. The maximum Gasteiger partial charge on any atom is 0.153 e. The molecule has 3 nitrogen and oxygen atoms in total. The van der Waals surface area contributed by atoms with Crippen LogP contribution in [0.1, 0.15) is 43.1 Å². The summed E-state index contributed by atoms with van der Waals surface area (Å²) >= 11 is 0. The predicted molar refractivity (Wildman–Crippen MR) is 52.1 cm³/mol. The van der Waals surface area contributed by atoms with Gasteiger partial charge in [-0.2, -0.15) is 0 Å². The van der Waals surface area contributed by atoms with Gasteiger partial charge in [0, 0.05) is 25.0 Å². The van der Waals surface area contributed by atoms with E-state index in [1.165, 1.54) is 25.0 Å². The van der Waals surface area contributed by atoms with Gasteiger partial charge in [0.25, 0.3) is 0 Å². The lowest BCUT2D eigenvalue weighted by Gasteiger charge is -2.22. The quantitative estimate of drug-likeness (QED) is 0.675. The SMILES string of the molecule is O=C1CCc2nc(C3CCC3)cn2C1. The summed E-state index contributed by atoms with van der Waals surface area (Å²) in [6, 6.07) is 0. The molecule has 0 N–H and O–H groups in total. The third kappa shape index (κ3) is 1.19. The lowest BCUT2D eigenvalue weighted by Crippen LogP contribution is -2.18. The lowest BCUT2D eigenvalue weighted by molar-refractivity contribution is -0.120. The van der Waals surface area contributed by atoms with E-state index >= 15 is 0 Å². The average molecular weight is 190 g/mol. The summed E-state index contributed by atoms with van der Waals surface area (Å²) in [5.74, 6) is 2.14. The molecule has 0 radical (unpaired) electrons. The number of aryl methyl sites for hydroxylation is 1. The minimum absolute atomic E-state index is 0.343. The maximum atomic E-state index is 11.2. The first kappa shape index (κ1) is 8.21. The molecule has 0 saturated heterocycles. The second-order valence-electron chi connectivity index (χ2n) is 4.38. The minimum atomic E-state index is 0.343. The van der Waals surface area contributed by atoms with Crippen molar-refractivity contribution in [2.24, 2.45) is 0 Å². The first-order valence-corrected chi connectivity index (χ1v) is 5.40. The molecule has 0 unspecified atom stereocenters. The molecule has 14 heavy (non-hydrogen) atoms. The fourth-order valence-electron chi connectivity index (χ4n) is 2.23. The Labute approximate surface area is 83.1 Å². The van der Waals surface area contributed by atoms with Gasteiger partial charge in [0.2, 0.25) is 0 Å². The number of fused-ring (bicyclic) bond motifs is 1. The fourth-order valence-corrected chi connectivity index (χ4v) is 2.23. The van der Waals surface area contributed by atoms with E-state index in [2.05, 4.69) is 11.2 Å². The van der Waals surface area contributed by atoms with Gasteiger partial charge < -0.3 is 4.57 Å². The lowest BCUT2D eigenvalue weighted by atomic mass is 9.83. The Morgan fingerprint density at radius 1 is 1.36 bits per heavy atom. The van der Waals surface area contributed by atoms with E-state index in [1.807, 2.05) is 4.57 Å². The molecule has 0 amide bonds. The molecule has 0 spiro atoms. The standard InChI is InChI=1S/C11H14N2O/c14-9-4-5-11-12-10(7-13(11)6-9)8-2-1-3-8/h7-8H,1-6H2. The minimum Gasteiger partial charge on any atom is -0.327 e. The zero-order valence-corrected chi connectivity index (χ0v) is 8.20. The van der Waals surface area contributed by atoms with Gasteiger partial charge >= 0.3 is 0 Å². The molecular formula is C11H14N2O. The molecule has 3 heteroatoms. The van der Waals surface area contributed by atoms with E-state index in [0.717, 1.165) is 12.2 Å². The third-order valence-corrected chi connectivity index (χ3v) is 3.38. The molecule has 3 rings (SSSR count). The summed E-state index contributed by atoms with van der Waals surface area (Å²) in [5.41, 5.74) is 1.22. The number of nitrogens with zero attached hydrogens (tertiary/aromatic N) is 2. The van der Waals surface area contributed by atoms with Gasteiger partial charge in [0.05, 0.1) is 12.2 Å². The Bertz CT molecular complexity index is 377. The number of hydrogen-bond donors (Lipinski definition) is 0. The van der Waals surface area contributed by atoms with Gasteiger partial charge in [-0.3, -0.25) is 4.79 Å². The molecule has 1 fully saturated rings. The molecule has 0 bridgehead atoms. The van der Waals surface area contributed by atoms with Crippen LogP contribution in [0.25, 0.3) is 0 Å². The number of imidazole rings is 1. The molecule has 2 heterocycles. The number of carbonyl (C=O) groups excluding carboxylic acids is 1. The van der Waals surface area contributed by atoms with Crippen LogP contribution < -0.4 is 0 Å². The zero-order chi connectivity index (χ0) is 9.54. The fraction of sp³-hybridized carbons (Fsp3) is 0.636. The summed E-state index contributed by atoms with van der Waals surface area (Å²) in [4.78, 5) is 15.9. The van der Waals surface area contributed by atoms with Crippen LogP contribution in [-0.4, -0.2) is 15.3 Å². The molecule has 1 saturated carbocycles. The average Bonchev–Trinajstić information content (AvgIpc) is 2.43. The highest BCUT2D eigenvalue weighted by molar-refractivity contribution is 5.79. The second kappa shape index (κ2) is 2.94. The van der Waals surface area contributed by atoms with Crippen molar-refractivity contribution in [2.75, 3.05) is 0 Å². The summed E-state index contributed by atoms with van der Waals surface area (Å²) in [5, 5.41) is 0. The van der Waals surface area contributed by atoms with Gasteiger partial charge in [-0.05, 0) is 12.8 Å². The Kier molecular flexibility index (Phi) is 1.72. The predicted octanol–water partition coefficient (Wildman–Crippen LogP) is 1.67. The van der Waals surface area contributed by atoms with Crippen molar-refractivity contribution in [3.8, 4) is 0 Å². The van der Waals surface area contributed by atoms with Crippen LogP contribution in [-0.2, 0) is 17.8 Å². The Morgan fingerprint density at radius 3 is 2.93 bits per heavy atom. The topological polar surface area (TPSA) is 34.9 Å². The second-order valence-corrected chi connectivity index (χ2v) is 4.38. The first-order chi connectivity index (χ1) is 6.83. The van der Waals surface area contributed by atoms with Crippen molar-refractivity contribution in [2.45, 2.75) is 44.6 Å². The first-order valence-electron chi connectivity index (χ1n) is 5.40. The van der Waals surface area contributed by atoms with E-state index < -0.39 is 0 Å². The molecule has 2 aliphatic rings.